The summed E-state index contributed by atoms with van der Waals surface area (Å²) in [7, 11) is 0. The van der Waals surface area contributed by atoms with Crippen LogP contribution in [-0.4, -0.2) is 16.7 Å². The van der Waals surface area contributed by atoms with Crippen molar-refractivity contribution >= 4 is 11.7 Å². The van der Waals surface area contributed by atoms with Crippen molar-refractivity contribution < 1.29 is 8.81 Å². The van der Waals surface area contributed by atoms with Crippen LogP contribution in [0.2, 0.25) is 0 Å². The van der Waals surface area contributed by atoms with Crippen LogP contribution in [0.15, 0.2) is 28.7 Å². The van der Waals surface area contributed by atoms with Gasteiger partial charge in [-0.3, -0.25) is 0 Å². The zero-order valence-electron chi connectivity index (χ0n) is 9.40. The first kappa shape index (κ1) is 11.5. The molecule has 2 N–H and O–H groups in total. The van der Waals surface area contributed by atoms with E-state index in [4.69, 9.17) is 4.42 Å². The van der Waals surface area contributed by atoms with Crippen LogP contribution in [0.5, 0.6) is 0 Å². The molecule has 0 aliphatic rings. The van der Waals surface area contributed by atoms with E-state index in [1.165, 1.54) is 12.1 Å². The molecule has 90 valence electrons. The summed E-state index contributed by atoms with van der Waals surface area (Å²) in [5.74, 6) is 0.227. The van der Waals surface area contributed by atoms with E-state index < -0.39 is 0 Å². The Kier molecular flexibility index (Phi) is 3.66. The van der Waals surface area contributed by atoms with E-state index in [-0.39, 0.29) is 5.82 Å². The number of hydrogen-bond donors (Lipinski definition) is 2. The quantitative estimate of drug-likeness (QED) is 0.832. The Morgan fingerprint density at radius 3 is 2.71 bits per heavy atom. The van der Waals surface area contributed by atoms with Gasteiger partial charge in [0.1, 0.15) is 5.82 Å². The van der Waals surface area contributed by atoms with Crippen molar-refractivity contribution in [1.82, 2.24) is 15.5 Å². The summed E-state index contributed by atoms with van der Waals surface area (Å²) in [4.78, 5) is 0. The number of rotatable bonds is 5. The summed E-state index contributed by atoms with van der Waals surface area (Å²) in [5.41, 5.74) is 0.699. The number of anilines is 2. The highest BCUT2D eigenvalue weighted by molar-refractivity contribution is 5.51. The second kappa shape index (κ2) is 5.40. The van der Waals surface area contributed by atoms with Crippen molar-refractivity contribution in [3.63, 3.8) is 0 Å². The van der Waals surface area contributed by atoms with E-state index in [1.807, 2.05) is 6.92 Å². The van der Waals surface area contributed by atoms with Crippen molar-refractivity contribution in [2.24, 2.45) is 0 Å². The summed E-state index contributed by atoms with van der Waals surface area (Å²) in [6.07, 6.45) is 0. The predicted molar refractivity (Wildman–Crippen MR) is 61.4 cm³/mol. The van der Waals surface area contributed by atoms with E-state index in [1.54, 1.807) is 12.1 Å². The highest BCUT2D eigenvalue weighted by Crippen LogP contribution is 2.15. The molecule has 0 fully saturated rings. The highest BCUT2D eigenvalue weighted by Gasteiger charge is 2.05. The largest absolute Gasteiger partial charge is 0.406 e. The Balaban J connectivity index is 1.98. The van der Waals surface area contributed by atoms with Gasteiger partial charge in [-0.25, -0.2) is 4.39 Å². The van der Waals surface area contributed by atoms with Gasteiger partial charge in [-0.15, -0.1) is 5.10 Å². The molecular formula is C11H13FN4O. The summed E-state index contributed by atoms with van der Waals surface area (Å²) < 4.78 is 18.0. The van der Waals surface area contributed by atoms with Crippen molar-refractivity contribution in [3.8, 4) is 0 Å². The third-order valence-electron chi connectivity index (χ3n) is 2.09. The summed E-state index contributed by atoms with van der Waals surface area (Å²) in [6, 6.07) is 6.22. The third kappa shape index (κ3) is 3.25. The maximum atomic E-state index is 12.7. The molecule has 1 aromatic carbocycles. The third-order valence-corrected chi connectivity index (χ3v) is 2.09. The van der Waals surface area contributed by atoms with Crippen molar-refractivity contribution in [3.05, 3.63) is 36.0 Å². The van der Waals surface area contributed by atoms with Gasteiger partial charge in [0, 0.05) is 5.69 Å². The van der Waals surface area contributed by atoms with Crippen molar-refractivity contribution in [2.75, 3.05) is 11.9 Å². The van der Waals surface area contributed by atoms with E-state index >= 15 is 0 Å². The molecule has 0 amide bonds. The minimum atomic E-state index is -0.283. The van der Waals surface area contributed by atoms with E-state index in [9.17, 15) is 4.39 Å². The lowest BCUT2D eigenvalue weighted by molar-refractivity contribution is 0.484. The average Bonchev–Trinajstić information content (AvgIpc) is 2.77. The molecule has 1 aromatic heterocycles. The Labute approximate surface area is 98.1 Å². The van der Waals surface area contributed by atoms with Gasteiger partial charge in [-0.1, -0.05) is 12.0 Å². The van der Waals surface area contributed by atoms with Crippen LogP contribution in [0.1, 0.15) is 12.8 Å². The van der Waals surface area contributed by atoms with Crippen LogP contribution in [0, 0.1) is 5.82 Å². The molecule has 1 heterocycles. The van der Waals surface area contributed by atoms with Gasteiger partial charge < -0.3 is 15.1 Å². The van der Waals surface area contributed by atoms with E-state index in [0.717, 1.165) is 6.54 Å². The van der Waals surface area contributed by atoms with Gasteiger partial charge in [0.25, 0.3) is 0 Å². The standard InChI is InChI=1S/C11H13FN4O/c1-2-13-7-10-15-16-11(17-10)14-9-5-3-8(12)4-6-9/h3-6,13H,2,7H2,1H3,(H,14,16). The number of aromatic nitrogens is 2. The lowest BCUT2D eigenvalue weighted by Crippen LogP contribution is -2.11. The zero-order valence-corrected chi connectivity index (χ0v) is 9.40. The Bertz CT molecular complexity index is 469. The number of benzene rings is 1. The maximum Gasteiger partial charge on any atom is 0.320 e. The molecule has 0 spiro atoms. The van der Waals surface area contributed by atoms with Crippen molar-refractivity contribution in [1.29, 1.82) is 0 Å². The molecule has 0 saturated heterocycles. The molecule has 0 bridgehead atoms. The monoisotopic (exact) mass is 236 g/mol. The van der Waals surface area contributed by atoms with Crippen LogP contribution >= 0.6 is 0 Å². The fourth-order valence-electron chi connectivity index (χ4n) is 1.26. The molecule has 0 unspecified atom stereocenters. The molecule has 2 aromatic rings. The van der Waals surface area contributed by atoms with Gasteiger partial charge in [0.15, 0.2) is 0 Å². The molecule has 0 saturated carbocycles. The average molecular weight is 236 g/mol. The van der Waals surface area contributed by atoms with Crippen LogP contribution in [0.25, 0.3) is 0 Å². The normalized spacial score (nSPS) is 10.5. The molecule has 0 aliphatic carbocycles. The first-order valence-electron chi connectivity index (χ1n) is 5.33. The molecular weight excluding hydrogens is 223 g/mol. The molecule has 5 nitrogen and oxygen atoms in total. The summed E-state index contributed by atoms with van der Waals surface area (Å²) in [6.45, 7) is 3.37. The van der Waals surface area contributed by atoms with Gasteiger partial charge in [0.2, 0.25) is 5.89 Å². The first-order valence-corrected chi connectivity index (χ1v) is 5.33. The Morgan fingerprint density at radius 1 is 1.24 bits per heavy atom. The van der Waals surface area contributed by atoms with Crippen LogP contribution in [0.4, 0.5) is 16.1 Å². The smallest absolute Gasteiger partial charge is 0.320 e. The van der Waals surface area contributed by atoms with Gasteiger partial charge in [-0.05, 0) is 30.8 Å². The predicted octanol–water partition coefficient (Wildman–Crippen LogP) is 2.06. The number of nitrogens with zero attached hydrogens (tertiary/aromatic N) is 2. The second-order valence-electron chi connectivity index (χ2n) is 3.41. The fourth-order valence-corrected chi connectivity index (χ4v) is 1.26. The molecule has 2 rings (SSSR count). The SMILES string of the molecule is CCNCc1nnc(Nc2ccc(F)cc2)o1. The summed E-state index contributed by atoms with van der Waals surface area (Å²) in [5, 5.41) is 13.6. The van der Waals surface area contributed by atoms with Crippen LogP contribution < -0.4 is 10.6 Å². The maximum absolute atomic E-state index is 12.7. The number of nitrogens with one attached hydrogen (secondary N) is 2. The van der Waals surface area contributed by atoms with Crippen molar-refractivity contribution in [2.45, 2.75) is 13.5 Å². The van der Waals surface area contributed by atoms with Crippen LogP contribution in [0.3, 0.4) is 0 Å². The van der Waals surface area contributed by atoms with Gasteiger partial charge in [0.05, 0.1) is 6.54 Å². The zero-order chi connectivity index (χ0) is 12.1. The Morgan fingerprint density at radius 2 is 2.00 bits per heavy atom. The van der Waals surface area contributed by atoms with E-state index in [0.29, 0.717) is 24.1 Å². The van der Waals surface area contributed by atoms with Gasteiger partial charge in [-0.2, -0.15) is 0 Å². The van der Waals surface area contributed by atoms with E-state index in [2.05, 4.69) is 20.8 Å². The Hall–Kier alpha value is -1.95. The topological polar surface area (TPSA) is 63.0 Å². The minimum absolute atomic E-state index is 0.283. The molecule has 0 aliphatic heterocycles. The second-order valence-corrected chi connectivity index (χ2v) is 3.41. The minimum Gasteiger partial charge on any atom is -0.406 e. The lowest BCUT2D eigenvalue weighted by atomic mass is 10.3. The first-order chi connectivity index (χ1) is 8.28. The molecule has 17 heavy (non-hydrogen) atoms. The molecule has 0 radical (unpaired) electrons. The van der Waals surface area contributed by atoms with Gasteiger partial charge >= 0.3 is 6.01 Å². The number of hydrogen-bond acceptors (Lipinski definition) is 5. The number of halogens is 1. The highest BCUT2D eigenvalue weighted by atomic mass is 19.1. The fraction of sp³-hybridized carbons (Fsp3) is 0.273. The molecule has 6 heteroatoms. The van der Waals surface area contributed by atoms with Crippen LogP contribution in [-0.2, 0) is 6.54 Å². The summed E-state index contributed by atoms with van der Waals surface area (Å²) >= 11 is 0. The molecule has 0 atom stereocenters. The lowest BCUT2D eigenvalue weighted by Gasteiger charge is -1.99.